The zero-order valence-corrected chi connectivity index (χ0v) is 23.0. The number of esters is 2. The van der Waals surface area contributed by atoms with Crippen molar-refractivity contribution in [2.75, 3.05) is 26.4 Å². The topological polar surface area (TPSA) is 71.1 Å². The van der Waals surface area contributed by atoms with E-state index in [0.717, 1.165) is 23.3 Å². The molecular weight excluding hydrogens is 516 g/mol. The first-order valence-electron chi connectivity index (χ1n) is 14.0. The summed E-state index contributed by atoms with van der Waals surface area (Å²) in [7, 11) is 0. The minimum atomic E-state index is -0.483. The number of carbonyl (C=O) groups excluding carboxylic acids is 2. The molecule has 0 aliphatic heterocycles. The number of fused-ring (bicyclic) bond motifs is 2. The second kappa shape index (κ2) is 11.5. The Morgan fingerprint density at radius 3 is 2.05 bits per heavy atom. The highest BCUT2D eigenvalue weighted by Crippen LogP contribution is 2.55. The van der Waals surface area contributed by atoms with Gasteiger partial charge in [0.2, 0.25) is 0 Å². The maximum Gasteiger partial charge on any atom is 0.330 e. The number of hydrogen-bond donors (Lipinski definition) is 0. The van der Waals surface area contributed by atoms with Gasteiger partial charge in [0.1, 0.15) is 37.9 Å². The van der Waals surface area contributed by atoms with E-state index in [2.05, 4.69) is 56.0 Å². The predicted octanol–water partition coefficient (Wildman–Crippen LogP) is 6.48. The van der Waals surface area contributed by atoms with Crippen LogP contribution in [0.25, 0.3) is 10.8 Å². The van der Waals surface area contributed by atoms with E-state index in [0.29, 0.717) is 11.5 Å². The summed E-state index contributed by atoms with van der Waals surface area (Å²) < 4.78 is 22.7. The van der Waals surface area contributed by atoms with Gasteiger partial charge in [-0.25, -0.2) is 4.79 Å². The zero-order valence-electron chi connectivity index (χ0n) is 23.0. The molecule has 0 saturated carbocycles. The number of benzene rings is 4. The van der Waals surface area contributed by atoms with Crippen LogP contribution in [0.15, 0.2) is 91.5 Å². The minimum Gasteiger partial charge on any atom is -0.489 e. The summed E-state index contributed by atoms with van der Waals surface area (Å²) in [6.45, 7) is 6.25. The van der Waals surface area contributed by atoms with E-state index in [1.54, 1.807) is 0 Å². The van der Waals surface area contributed by atoms with E-state index in [-0.39, 0.29) is 50.2 Å². The second-order valence-corrected chi connectivity index (χ2v) is 10.5. The lowest BCUT2D eigenvalue weighted by Crippen LogP contribution is -2.37. The fourth-order valence-corrected chi connectivity index (χ4v) is 6.28. The Bertz CT molecular complexity index is 1620. The van der Waals surface area contributed by atoms with Gasteiger partial charge in [0.25, 0.3) is 0 Å². The van der Waals surface area contributed by atoms with Gasteiger partial charge in [-0.15, -0.1) is 0 Å². The van der Waals surface area contributed by atoms with Crippen molar-refractivity contribution in [2.45, 2.75) is 25.2 Å². The molecule has 6 nitrogen and oxygen atoms in total. The highest BCUT2D eigenvalue weighted by Gasteiger charge is 2.46. The first-order chi connectivity index (χ1) is 20.0. The van der Waals surface area contributed by atoms with Crippen LogP contribution in [0.2, 0.25) is 0 Å². The molecule has 3 atom stereocenters. The second-order valence-electron chi connectivity index (χ2n) is 10.5. The third-order valence-corrected chi connectivity index (χ3v) is 8.04. The van der Waals surface area contributed by atoms with E-state index >= 15 is 0 Å². The maximum absolute atomic E-state index is 13.4. The van der Waals surface area contributed by atoms with Crippen molar-refractivity contribution in [2.24, 2.45) is 5.92 Å². The fraction of sp³-hybridized carbons (Fsp3) is 0.257. The summed E-state index contributed by atoms with van der Waals surface area (Å²) >= 11 is 0. The zero-order chi connectivity index (χ0) is 28.3. The molecule has 208 valence electrons. The van der Waals surface area contributed by atoms with Crippen molar-refractivity contribution >= 4 is 22.7 Å². The highest BCUT2D eigenvalue weighted by molar-refractivity contribution is 5.93. The van der Waals surface area contributed by atoms with Gasteiger partial charge >= 0.3 is 11.9 Å². The van der Waals surface area contributed by atoms with E-state index < -0.39 is 5.97 Å². The van der Waals surface area contributed by atoms with E-state index in [1.807, 2.05) is 36.4 Å². The molecule has 0 saturated heterocycles. The molecular formula is C35H32O6. The number of rotatable bonds is 10. The average molecular weight is 549 g/mol. The molecule has 6 heteroatoms. The molecule has 0 amide bonds. The van der Waals surface area contributed by atoms with Crippen LogP contribution in [0, 0.1) is 12.8 Å². The predicted molar refractivity (Wildman–Crippen MR) is 156 cm³/mol. The van der Waals surface area contributed by atoms with Gasteiger partial charge in [-0.3, -0.25) is 4.79 Å². The lowest BCUT2D eigenvalue weighted by atomic mass is 9.59. The monoisotopic (exact) mass is 548 g/mol. The highest BCUT2D eigenvalue weighted by atomic mass is 16.6. The molecule has 2 bridgehead atoms. The van der Waals surface area contributed by atoms with Gasteiger partial charge in [-0.05, 0) is 47.7 Å². The number of aryl methyl sites for hydroxylation is 1. The Morgan fingerprint density at radius 1 is 0.756 bits per heavy atom. The SMILES string of the molecule is C=CC(=O)OCCOc1ccc(OCCOC(=O)C2CC3c4ccccc4C2c2ccc(C)cc23)c2ccccc12. The number of hydrogen-bond acceptors (Lipinski definition) is 6. The summed E-state index contributed by atoms with van der Waals surface area (Å²) in [5.74, 6) is 0.694. The first-order valence-corrected chi connectivity index (χ1v) is 14.0. The molecule has 7 rings (SSSR count). The molecule has 0 spiro atoms. The molecule has 41 heavy (non-hydrogen) atoms. The average Bonchev–Trinajstić information content (AvgIpc) is 3.01. The molecule has 3 aliphatic carbocycles. The van der Waals surface area contributed by atoms with Crippen LogP contribution >= 0.6 is 0 Å². The maximum atomic E-state index is 13.4. The van der Waals surface area contributed by atoms with E-state index in [4.69, 9.17) is 18.9 Å². The normalized spacial score (nSPS) is 18.2. The van der Waals surface area contributed by atoms with Crippen LogP contribution in [0.1, 0.15) is 46.1 Å². The lowest BCUT2D eigenvalue weighted by molar-refractivity contribution is -0.150. The van der Waals surface area contributed by atoms with Gasteiger partial charge < -0.3 is 18.9 Å². The van der Waals surface area contributed by atoms with Gasteiger partial charge in [0, 0.05) is 28.7 Å². The fourth-order valence-electron chi connectivity index (χ4n) is 6.28. The minimum absolute atomic E-state index is 0.0111. The Morgan fingerprint density at radius 2 is 1.37 bits per heavy atom. The molecule has 0 fully saturated rings. The van der Waals surface area contributed by atoms with Gasteiger partial charge in [0.05, 0.1) is 5.92 Å². The summed E-state index contributed by atoms with van der Waals surface area (Å²) in [6, 6.07) is 26.5. The van der Waals surface area contributed by atoms with Crippen LogP contribution in [0.4, 0.5) is 0 Å². The van der Waals surface area contributed by atoms with Crippen LogP contribution in [-0.4, -0.2) is 38.4 Å². The van der Waals surface area contributed by atoms with Gasteiger partial charge in [-0.1, -0.05) is 78.9 Å². The number of carbonyl (C=O) groups is 2. The summed E-state index contributed by atoms with van der Waals surface area (Å²) in [4.78, 5) is 24.6. The molecule has 0 heterocycles. The van der Waals surface area contributed by atoms with Crippen molar-refractivity contribution in [3.05, 3.63) is 119 Å². The molecule has 3 unspecified atom stereocenters. The van der Waals surface area contributed by atoms with Crippen molar-refractivity contribution in [1.82, 2.24) is 0 Å². The van der Waals surface area contributed by atoms with Gasteiger partial charge in [-0.2, -0.15) is 0 Å². The number of ether oxygens (including phenoxy) is 4. The molecule has 4 aromatic rings. The summed E-state index contributed by atoms with van der Waals surface area (Å²) in [5.41, 5.74) is 6.41. The van der Waals surface area contributed by atoms with Crippen LogP contribution in [0.5, 0.6) is 11.5 Å². The van der Waals surface area contributed by atoms with E-state index in [1.165, 1.54) is 27.8 Å². The summed E-state index contributed by atoms with van der Waals surface area (Å²) in [6.07, 6.45) is 1.88. The van der Waals surface area contributed by atoms with Crippen LogP contribution in [0.3, 0.4) is 0 Å². The third kappa shape index (κ3) is 5.18. The Hall–Kier alpha value is -4.58. The van der Waals surface area contributed by atoms with Crippen molar-refractivity contribution in [1.29, 1.82) is 0 Å². The molecule has 3 aliphatic rings. The van der Waals surface area contributed by atoms with Crippen molar-refractivity contribution < 1.29 is 28.5 Å². The van der Waals surface area contributed by atoms with E-state index in [9.17, 15) is 9.59 Å². The third-order valence-electron chi connectivity index (χ3n) is 8.04. The van der Waals surface area contributed by atoms with Gasteiger partial charge in [0.15, 0.2) is 0 Å². The van der Waals surface area contributed by atoms with Crippen LogP contribution < -0.4 is 9.47 Å². The molecule has 4 aromatic carbocycles. The molecule has 0 N–H and O–H groups in total. The molecule has 0 radical (unpaired) electrons. The largest absolute Gasteiger partial charge is 0.489 e. The Kier molecular flexibility index (Phi) is 7.47. The lowest BCUT2D eigenvalue weighted by Gasteiger charge is -2.44. The Labute approximate surface area is 239 Å². The molecule has 0 aromatic heterocycles. The first kappa shape index (κ1) is 26.6. The standard InChI is InChI=1S/C35H32O6/c1-3-33(36)40-18-16-38-31-14-15-32(25-10-6-5-9-24(25)31)39-17-19-41-35(37)30-21-29-23-8-4-7-11-26(23)34(30)27-13-12-22(2)20-28(27)29/h3-15,20,29-30,34H,1,16-19,21H2,2H3. The quantitative estimate of drug-likeness (QED) is 0.128. The van der Waals surface area contributed by atoms with Crippen LogP contribution in [-0.2, 0) is 19.1 Å². The van der Waals surface area contributed by atoms with Crippen molar-refractivity contribution in [3.8, 4) is 11.5 Å². The summed E-state index contributed by atoms with van der Waals surface area (Å²) in [5, 5.41) is 1.76. The van der Waals surface area contributed by atoms with Crippen molar-refractivity contribution in [3.63, 3.8) is 0 Å². The smallest absolute Gasteiger partial charge is 0.330 e. The Balaban J connectivity index is 1.09.